The van der Waals surface area contributed by atoms with E-state index in [1.165, 1.54) is 10.7 Å². The molecular weight excluding hydrogens is 499 g/mol. The molecule has 3 aliphatic rings. The van der Waals surface area contributed by atoms with E-state index in [0.29, 0.717) is 23.2 Å². The predicted molar refractivity (Wildman–Crippen MR) is 133 cm³/mol. The van der Waals surface area contributed by atoms with E-state index < -0.39 is 23.8 Å². The first-order valence-electron chi connectivity index (χ1n) is 12.4. The third-order valence-electron chi connectivity index (χ3n) is 7.67. The van der Waals surface area contributed by atoms with Crippen LogP contribution in [-0.4, -0.2) is 49.5 Å². The van der Waals surface area contributed by atoms with Gasteiger partial charge in [-0.2, -0.15) is 5.10 Å². The number of pyridine rings is 1. The molecule has 3 heterocycles. The molecule has 1 unspecified atom stereocenters. The van der Waals surface area contributed by atoms with Gasteiger partial charge in [-0.1, -0.05) is 23.7 Å². The van der Waals surface area contributed by atoms with Crippen LogP contribution < -0.4 is 11.1 Å². The Morgan fingerprint density at radius 2 is 2.05 bits per heavy atom. The maximum Gasteiger partial charge on any atom is 0.269 e. The normalized spacial score (nSPS) is 23.1. The number of nitrogens with one attached hydrogen (secondary N) is 1. The Kier molecular flexibility index (Phi) is 5.67. The molecule has 2 aliphatic carbocycles. The van der Waals surface area contributed by atoms with Gasteiger partial charge >= 0.3 is 0 Å². The standard InChI is InChI=1S/C26H26ClFN6O3/c1-12(15-3-2-4-17(27)23(15)28)31-26(37)20-8-14-7-19(14)34(20)22(35)11-33-21-10-30-18(13-5-6-13)9-16(21)24(32-33)25(29)36/h2-4,9-10,12-14,19-20H,5-8,11H2,1H3,(H2,29,36)(H,31,37)/t12-,14?,19-,20+/m1/s1. The van der Waals surface area contributed by atoms with Crippen LogP contribution in [0.1, 0.15) is 66.3 Å². The zero-order chi connectivity index (χ0) is 26.0. The van der Waals surface area contributed by atoms with E-state index in [9.17, 15) is 18.8 Å². The first kappa shape index (κ1) is 23.8. The van der Waals surface area contributed by atoms with Crippen LogP contribution in [0.15, 0.2) is 30.5 Å². The van der Waals surface area contributed by atoms with Gasteiger partial charge < -0.3 is 16.0 Å². The number of aromatic nitrogens is 3. The lowest BCUT2D eigenvalue weighted by Gasteiger charge is -2.28. The number of carbonyl (C=O) groups excluding carboxylic acids is 3. The van der Waals surface area contributed by atoms with Gasteiger partial charge in [0.15, 0.2) is 5.69 Å². The average Bonchev–Trinajstić information content (AvgIpc) is 3.79. The number of nitrogens with zero attached hydrogens (tertiary/aromatic N) is 4. The summed E-state index contributed by atoms with van der Waals surface area (Å²) in [6.45, 7) is 1.53. The van der Waals surface area contributed by atoms with Gasteiger partial charge in [-0.15, -0.1) is 0 Å². The number of nitrogens with two attached hydrogens (primary N) is 1. The van der Waals surface area contributed by atoms with Gasteiger partial charge in [-0.3, -0.25) is 24.0 Å². The number of hydrogen-bond acceptors (Lipinski definition) is 5. The van der Waals surface area contributed by atoms with Crippen molar-refractivity contribution in [1.82, 2.24) is 25.0 Å². The summed E-state index contributed by atoms with van der Waals surface area (Å²) >= 11 is 5.90. The molecule has 2 saturated carbocycles. The van der Waals surface area contributed by atoms with Gasteiger partial charge in [-0.25, -0.2) is 4.39 Å². The second-order valence-electron chi connectivity index (χ2n) is 10.3. The minimum atomic E-state index is -0.674. The van der Waals surface area contributed by atoms with E-state index in [1.54, 1.807) is 30.2 Å². The number of piperidine rings is 1. The second-order valence-corrected chi connectivity index (χ2v) is 10.7. The number of amides is 3. The zero-order valence-corrected chi connectivity index (χ0v) is 20.9. The van der Waals surface area contributed by atoms with Crippen molar-refractivity contribution in [2.45, 2.75) is 63.2 Å². The van der Waals surface area contributed by atoms with Crippen LogP contribution in [-0.2, 0) is 16.1 Å². The molecule has 4 atom stereocenters. The Hall–Kier alpha value is -3.53. The number of carbonyl (C=O) groups is 3. The number of halogens is 2. The van der Waals surface area contributed by atoms with E-state index in [1.807, 2.05) is 6.07 Å². The highest BCUT2D eigenvalue weighted by molar-refractivity contribution is 6.30. The molecule has 3 amide bonds. The highest BCUT2D eigenvalue weighted by atomic mass is 35.5. The summed E-state index contributed by atoms with van der Waals surface area (Å²) in [5.41, 5.74) is 7.39. The first-order valence-corrected chi connectivity index (χ1v) is 12.8. The molecule has 11 heteroatoms. The number of rotatable bonds is 7. The molecule has 6 rings (SSSR count). The minimum Gasteiger partial charge on any atom is -0.364 e. The smallest absolute Gasteiger partial charge is 0.269 e. The number of benzene rings is 1. The lowest BCUT2D eigenvalue weighted by Crippen LogP contribution is -2.49. The second kappa shape index (κ2) is 8.79. The molecular formula is C26H26ClFN6O3. The Morgan fingerprint density at radius 3 is 2.78 bits per heavy atom. The van der Waals surface area contributed by atoms with Crippen LogP contribution in [0.4, 0.5) is 4.39 Å². The SMILES string of the molecule is C[C@@H](NC(=O)[C@@H]1CC2C[C@H]2N1C(=O)Cn1nc(C(N)=O)c2cc(C3CC3)ncc21)c1cccc(Cl)c1F. The summed E-state index contributed by atoms with van der Waals surface area (Å²) in [7, 11) is 0. The van der Waals surface area contributed by atoms with E-state index in [0.717, 1.165) is 25.0 Å². The summed E-state index contributed by atoms with van der Waals surface area (Å²) in [4.78, 5) is 44.9. The van der Waals surface area contributed by atoms with E-state index in [4.69, 9.17) is 17.3 Å². The van der Waals surface area contributed by atoms with Crippen molar-refractivity contribution in [1.29, 1.82) is 0 Å². The van der Waals surface area contributed by atoms with Gasteiger partial charge in [0.25, 0.3) is 5.91 Å². The Bertz CT molecular complexity index is 1450. The highest BCUT2D eigenvalue weighted by Crippen LogP contribution is 2.48. The Labute approximate surface area is 217 Å². The maximum atomic E-state index is 14.5. The molecule has 1 saturated heterocycles. The van der Waals surface area contributed by atoms with Gasteiger partial charge in [0, 0.05) is 28.6 Å². The van der Waals surface area contributed by atoms with Gasteiger partial charge in [0.2, 0.25) is 11.8 Å². The van der Waals surface area contributed by atoms with Crippen molar-refractivity contribution in [3.8, 4) is 0 Å². The van der Waals surface area contributed by atoms with Gasteiger partial charge in [0.1, 0.15) is 18.4 Å². The van der Waals surface area contributed by atoms with E-state index in [2.05, 4.69) is 15.4 Å². The quantitative estimate of drug-likeness (QED) is 0.491. The van der Waals surface area contributed by atoms with Crippen LogP contribution in [0.3, 0.4) is 0 Å². The number of primary amides is 1. The highest BCUT2D eigenvalue weighted by Gasteiger charge is 2.56. The molecule has 3 fully saturated rings. The maximum absolute atomic E-state index is 14.5. The molecule has 1 aromatic carbocycles. The molecule has 1 aliphatic heterocycles. The number of fused-ring (bicyclic) bond motifs is 2. The summed E-state index contributed by atoms with van der Waals surface area (Å²) in [5.74, 6) is -1.23. The fraction of sp³-hybridized carbons (Fsp3) is 0.423. The monoisotopic (exact) mass is 524 g/mol. The molecule has 3 aromatic rings. The number of likely N-dealkylation sites (tertiary alicyclic amines) is 1. The first-order chi connectivity index (χ1) is 17.7. The zero-order valence-electron chi connectivity index (χ0n) is 20.2. The van der Waals surface area contributed by atoms with Crippen molar-refractivity contribution in [2.75, 3.05) is 0 Å². The van der Waals surface area contributed by atoms with E-state index in [-0.39, 0.29) is 46.6 Å². The summed E-state index contributed by atoms with van der Waals surface area (Å²) in [5, 5.41) is 7.74. The molecule has 2 aromatic heterocycles. The summed E-state index contributed by atoms with van der Waals surface area (Å²) < 4.78 is 15.9. The van der Waals surface area contributed by atoms with Gasteiger partial charge in [0.05, 0.1) is 22.8 Å². The molecule has 3 N–H and O–H groups in total. The molecule has 37 heavy (non-hydrogen) atoms. The largest absolute Gasteiger partial charge is 0.364 e. The van der Waals surface area contributed by atoms with Crippen LogP contribution in [0.2, 0.25) is 5.02 Å². The fourth-order valence-electron chi connectivity index (χ4n) is 5.49. The molecule has 192 valence electrons. The van der Waals surface area contributed by atoms with Gasteiger partial charge in [-0.05, 0) is 50.7 Å². The lowest BCUT2D eigenvalue weighted by atomic mass is 10.1. The summed E-state index contributed by atoms with van der Waals surface area (Å²) in [6, 6.07) is 5.17. The average molecular weight is 525 g/mol. The number of hydrogen-bond donors (Lipinski definition) is 2. The Morgan fingerprint density at radius 1 is 1.27 bits per heavy atom. The third-order valence-corrected chi connectivity index (χ3v) is 7.97. The van der Waals surface area contributed by atoms with Crippen molar-refractivity contribution in [2.24, 2.45) is 11.7 Å². The molecule has 9 nitrogen and oxygen atoms in total. The van der Waals surface area contributed by atoms with Crippen molar-refractivity contribution in [3.63, 3.8) is 0 Å². The van der Waals surface area contributed by atoms with Crippen LogP contribution in [0.25, 0.3) is 10.9 Å². The summed E-state index contributed by atoms with van der Waals surface area (Å²) in [6.07, 6.45) is 5.13. The predicted octanol–water partition coefficient (Wildman–Crippen LogP) is 3.07. The van der Waals surface area contributed by atoms with E-state index >= 15 is 0 Å². The lowest BCUT2D eigenvalue weighted by molar-refractivity contribution is -0.140. The van der Waals surface area contributed by atoms with Crippen molar-refractivity contribution >= 4 is 40.2 Å². The fourth-order valence-corrected chi connectivity index (χ4v) is 5.68. The topological polar surface area (TPSA) is 123 Å². The third kappa shape index (κ3) is 4.22. The molecule has 0 bridgehead atoms. The van der Waals surface area contributed by atoms with Crippen LogP contribution >= 0.6 is 11.6 Å². The Balaban J connectivity index is 1.22. The molecule has 0 spiro atoms. The van der Waals surface area contributed by atoms with Crippen LogP contribution in [0.5, 0.6) is 0 Å². The molecule has 0 radical (unpaired) electrons. The minimum absolute atomic E-state index is 0.0153. The van der Waals surface area contributed by atoms with Crippen LogP contribution in [0, 0.1) is 11.7 Å². The van der Waals surface area contributed by atoms with Crippen molar-refractivity contribution in [3.05, 3.63) is 58.3 Å². The van der Waals surface area contributed by atoms with Crippen molar-refractivity contribution < 1.29 is 18.8 Å².